The van der Waals surface area contributed by atoms with Crippen LogP contribution in [0.1, 0.15) is 27.7 Å². The summed E-state index contributed by atoms with van der Waals surface area (Å²) in [6.45, 7) is 3.89. The van der Waals surface area contributed by atoms with E-state index in [1.807, 2.05) is 13.8 Å². The van der Waals surface area contributed by atoms with E-state index in [1.165, 1.54) is 0 Å². The van der Waals surface area contributed by atoms with Crippen LogP contribution < -0.4 is 5.73 Å². The van der Waals surface area contributed by atoms with Crippen molar-refractivity contribution in [3.8, 4) is 0 Å². The minimum Gasteiger partial charge on any atom is -0.480 e. The molecule has 0 fully saturated rings. The van der Waals surface area contributed by atoms with Gasteiger partial charge in [-0.15, -0.1) is 0 Å². The molecule has 10 heavy (non-hydrogen) atoms. The minimum atomic E-state index is -0.913. The molecule has 3 nitrogen and oxygen atoms in total. The molecule has 3 heteroatoms. The van der Waals surface area contributed by atoms with Crippen molar-refractivity contribution in [1.82, 2.24) is 0 Å². The highest BCUT2D eigenvalue weighted by Gasteiger charge is 2.11. The fourth-order valence-electron chi connectivity index (χ4n) is 0.609. The fourth-order valence-corrected chi connectivity index (χ4v) is 0.609. The van der Waals surface area contributed by atoms with Crippen molar-refractivity contribution in [3.05, 3.63) is 0 Å². The van der Waals surface area contributed by atoms with Gasteiger partial charge in [-0.2, -0.15) is 0 Å². The van der Waals surface area contributed by atoms with E-state index in [1.54, 1.807) is 0 Å². The number of hydrogen-bond donors (Lipinski definition) is 2. The Kier molecular flexibility index (Phi) is 6.35. The van der Waals surface area contributed by atoms with Gasteiger partial charge in [0.25, 0.3) is 0 Å². The van der Waals surface area contributed by atoms with Gasteiger partial charge in [-0.3, -0.25) is 4.79 Å². The van der Waals surface area contributed by atoms with Crippen molar-refractivity contribution in [1.29, 1.82) is 0 Å². The van der Waals surface area contributed by atoms with Gasteiger partial charge in [-0.1, -0.05) is 21.3 Å². The average molecular weight is 147 g/mol. The van der Waals surface area contributed by atoms with E-state index < -0.39 is 12.0 Å². The molecule has 3 N–H and O–H groups in total. The first kappa shape index (κ1) is 12.1. The molecule has 0 rings (SSSR count). The second kappa shape index (κ2) is 5.23. The summed E-state index contributed by atoms with van der Waals surface area (Å²) in [5, 5.41) is 8.31. The second-order valence-electron chi connectivity index (χ2n) is 2.57. The number of hydrogen-bond acceptors (Lipinski definition) is 2. The van der Waals surface area contributed by atoms with E-state index in [4.69, 9.17) is 10.8 Å². The van der Waals surface area contributed by atoms with Crippen LogP contribution in [-0.2, 0) is 4.79 Å². The summed E-state index contributed by atoms with van der Waals surface area (Å²) >= 11 is 0. The molecule has 0 spiro atoms. The van der Waals surface area contributed by atoms with Gasteiger partial charge in [0, 0.05) is 0 Å². The zero-order valence-electron chi connectivity index (χ0n) is 5.79. The Morgan fingerprint density at radius 3 is 2.10 bits per heavy atom. The maximum Gasteiger partial charge on any atom is 0.320 e. The summed E-state index contributed by atoms with van der Waals surface area (Å²) < 4.78 is 0. The molecule has 1 atom stereocenters. The molecule has 0 saturated heterocycles. The Labute approximate surface area is 62.2 Å². The summed E-state index contributed by atoms with van der Waals surface area (Å²) in [6.07, 6.45) is 0.551. The van der Waals surface area contributed by atoms with Gasteiger partial charge >= 0.3 is 5.97 Å². The van der Waals surface area contributed by atoms with Gasteiger partial charge < -0.3 is 10.8 Å². The number of carboxylic acid groups (broad SMARTS) is 1. The van der Waals surface area contributed by atoms with Crippen LogP contribution in [0.25, 0.3) is 0 Å². The molecule has 0 aromatic carbocycles. The number of carboxylic acids is 1. The van der Waals surface area contributed by atoms with E-state index in [0.29, 0.717) is 12.3 Å². The molecule has 0 saturated carbocycles. The highest BCUT2D eigenvalue weighted by Crippen LogP contribution is 2.01. The van der Waals surface area contributed by atoms with Crippen LogP contribution in [0.15, 0.2) is 0 Å². The minimum absolute atomic E-state index is 0. The van der Waals surface area contributed by atoms with Crippen LogP contribution in [-0.4, -0.2) is 17.1 Å². The van der Waals surface area contributed by atoms with Gasteiger partial charge in [-0.05, 0) is 12.3 Å². The molecule has 0 bridgehead atoms. The lowest BCUT2D eigenvalue weighted by molar-refractivity contribution is -0.138. The van der Waals surface area contributed by atoms with Crippen LogP contribution >= 0.6 is 0 Å². The van der Waals surface area contributed by atoms with E-state index in [-0.39, 0.29) is 7.43 Å². The predicted octanol–water partition coefficient (Wildman–Crippen LogP) is 1.08. The first-order valence-electron chi connectivity index (χ1n) is 3.02. The zero-order chi connectivity index (χ0) is 7.44. The predicted molar refractivity (Wildman–Crippen MR) is 41.8 cm³/mol. The Morgan fingerprint density at radius 2 is 2.00 bits per heavy atom. The van der Waals surface area contributed by atoms with Crippen molar-refractivity contribution in [2.45, 2.75) is 33.7 Å². The molecule has 0 aliphatic rings. The van der Waals surface area contributed by atoms with Crippen LogP contribution in [0.4, 0.5) is 0 Å². The third kappa shape index (κ3) is 5.56. The van der Waals surface area contributed by atoms with E-state index in [2.05, 4.69) is 0 Å². The molecule has 0 unspecified atom stereocenters. The summed E-state index contributed by atoms with van der Waals surface area (Å²) in [6, 6.07) is -0.690. The topological polar surface area (TPSA) is 63.3 Å². The lowest BCUT2D eigenvalue weighted by Crippen LogP contribution is -2.31. The van der Waals surface area contributed by atoms with Crippen LogP contribution in [0.3, 0.4) is 0 Å². The van der Waals surface area contributed by atoms with E-state index in [9.17, 15) is 4.79 Å². The molecule has 0 aromatic rings. The summed E-state index contributed by atoms with van der Waals surface area (Å²) in [5.74, 6) is -0.556. The Bertz CT molecular complexity index is 102. The lowest BCUT2D eigenvalue weighted by Gasteiger charge is -2.07. The molecular formula is C7H17NO2. The SMILES string of the molecule is C.CC(C)C[C@@H](N)C(=O)O. The van der Waals surface area contributed by atoms with Gasteiger partial charge in [0.15, 0.2) is 0 Å². The van der Waals surface area contributed by atoms with Crippen molar-refractivity contribution >= 4 is 5.97 Å². The first-order valence-corrected chi connectivity index (χ1v) is 3.02. The number of carbonyl (C=O) groups is 1. The molecular weight excluding hydrogens is 130 g/mol. The molecule has 0 radical (unpaired) electrons. The zero-order valence-corrected chi connectivity index (χ0v) is 5.79. The summed E-state index contributed by atoms with van der Waals surface area (Å²) in [4.78, 5) is 10.1. The second-order valence-corrected chi connectivity index (χ2v) is 2.57. The van der Waals surface area contributed by atoms with Crippen molar-refractivity contribution in [3.63, 3.8) is 0 Å². The molecule has 0 amide bonds. The highest BCUT2D eigenvalue weighted by molar-refractivity contribution is 5.72. The maximum absolute atomic E-state index is 10.1. The fraction of sp³-hybridized carbons (Fsp3) is 0.857. The molecule has 0 aliphatic carbocycles. The molecule has 0 heterocycles. The highest BCUT2D eigenvalue weighted by atomic mass is 16.4. The Balaban J connectivity index is 0. The third-order valence-electron chi connectivity index (χ3n) is 1.04. The lowest BCUT2D eigenvalue weighted by atomic mass is 10.1. The van der Waals surface area contributed by atoms with Crippen LogP contribution in [0.2, 0.25) is 0 Å². The van der Waals surface area contributed by atoms with Gasteiger partial charge in [0.1, 0.15) is 6.04 Å². The first-order chi connectivity index (χ1) is 4.04. The molecule has 62 valence electrons. The number of rotatable bonds is 3. The smallest absolute Gasteiger partial charge is 0.320 e. The van der Waals surface area contributed by atoms with Crippen LogP contribution in [0.5, 0.6) is 0 Å². The summed E-state index contributed by atoms with van der Waals surface area (Å²) in [7, 11) is 0. The Morgan fingerprint density at radius 1 is 1.60 bits per heavy atom. The standard InChI is InChI=1S/C6H13NO2.CH4/c1-4(2)3-5(7)6(8)9;/h4-5H,3,7H2,1-2H3,(H,8,9);1H4/t5-;/m1./s1. The molecule has 0 aliphatic heterocycles. The van der Waals surface area contributed by atoms with E-state index in [0.717, 1.165) is 0 Å². The van der Waals surface area contributed by atoms with Crippen LogP contribution in [0, 0.1) is 5.92 Å². The third-order valence-corrected chi connectivity index (χ3v) is 1.04. The van der Waals surface area contributed by atoms with E-state index >= 15 is 0 Å². The number of nitrogens with two attached hydrogens (primary N) is 1. The van der Waals surface area contributed by atoms with Gasteiger partial charge in [-0.25, -0.2) is 0 Å². The quantitative estimate of drug-likeness (QED) is 0.628. The largest absolute Gasteiger partial charge is 0.480 e. The normalized spacial score (nSPS) is 12.4. The maximum atomic E-state index is 10.1. The van der Waals surface area contributed by atoms with Crippen molar-refractivity contribution < 1.29 is 9.90 Å². The monoisotopic (exact) mass is 147 g/mol. The number of aliphatic carboxylic acids is 1. The average Bonchev–Trinajstić information content (AvgIpc) is 1.63. The Hall–Kier alpha value is -0.570. The molecule has 0 aromatic heterocycles. The van der Waals surface area contributed by atoms with Crippen molar-refractivity contribution in [2.75, 3.05) is 0 Å². The van der Waals surface area contributed by atoms with Gasteiger partial charge in [0.05, 0.1) is 0 Å². The van der Waals surface area contributed by atoms with Crippen molar-refractivity contribution in [2.24, 2.45) is 11.7 Å². The van der Waals surface area contributed by atoms with Gasteiger partial charge in [0.2, 0.25) is 0 Å². The summed E-state index contributed by atoms with van der Waals surface area (Å²) in [5.41, 5.74) is 5.22.